The quantitative estimate of drug-likeness (QED) is 0.314. The summed E-state index contributed by atoms with van der Waals surface area (Å²) in [5, 5.41) is 11.2. The topological polar surface area (TPSA) is 124 Å². The fraction of sp³-hybridized carbons (Fsp3) is 0.500. The van der Waals surface area contributed by atoms with Crippen molar-refractivity contribution >= 4 is 23.5 Å². The number of morpholine rings is 1. The van der Waals surface area contributed by atoms with Crippen molar-refractivity contribution in [2.75, 3.05) is 58.4 Å². The second-order valence-corrected chi connectivity index (χ2v) is 9.92. The molecule has 40 heavy (non-hydrogen) atoms. The largest absolute Gasteiger partial charge is 0.494 e. The molecule has 0 radical (unpaired) electrons. The molecule has 1 aromatic carbocycles. The maximum atomic E-state index is 12.5. The Kier molecular flexibility index (Phi) is 10.2. The van der Waals surface area contributed by atoms with Crippen molar-refractivity contribution in [3.63, 3.8) is 0 Å². The van der Waals surface area contributed by atoms with Crippen LogP contribution < -0.4 is 15.4 Å². The summed E-state index contributed by atoms with van der Waals surface area (Å²) in [7, 11) is 1.91. The summed E-state index contributed by atoms with van der Waals surface area (Å²) in [6, 6.07) is 5.24. The van der Waals surface area contributed by atoms with E-state index in [1.807, 2.05) is 40.0 Å². The first-order valence-corrected chi connectivity index (χ1v) is 13.9. The predicted molar refractivity (Wildman–Crippen MR) is 153 cm³/mol. The van der Waals surface area contributed by atoms with Crippen LogP contribution in [-0.4, -0.2) is 85.3 Å². The molecule has 1 aliphatic heterocycles. The Morgan fingerprint density at radius 1 is 1.25 bits per heavy atom. The van der Waals surface area contributed by atoms with Crippen LogP contribution in [0.1, 0.15) is 30.4 Å². The number of aromatic nitrogens is 3. The van der Waals surface area contributed by atoms with Gasteiger partial charge in [-0.3, -0.25) is 4.90 Å². The van der Waals surface area contributed by atoms with E-state index in [9.17, 15) is 4.79 Å². The van der Waals surface area contributed by atoms with Crippen LogP contribution in [0.2, 0.25) is 5.02 Å². The highest BCUT2D eigenvalue weighted by Crippen LogP contribution is 2.36. The lowest BCUT2D eigenvalue weighted by Crippen LogP contribution is -2.52. The monoisotopic (exact) mass is 572 g/mol. The van der Waals surface area contributed by atoms with Crippen molar-refractivity contribution in [3.8, 4) is 28.4 Å². The van der Waals surface area contributed by atoms with Crippen LogP contribution >= 0.6 is 11.6 Å². The van der Waals surface area contributed by atoms with Gasteiger partial charge in [0, 0.05) is 24.2 Å². The van der Waals surface area contributed by atoms with Crippen molar-refractivity contribution in [1.29, 1.82) is 0 Å². The number of ether oxygens (including phenoxy) is 3. The van der Waals surface area contributed by atoms with Crippen LogP contribution in [0.4, 0.5) is 10.6 Å². The molecule has 2 aromatic heterocycles. The molecule has 2 N–H and O–H groups in total. The van der Waals surface area contributed by atoms with Gasteiger partial charge in [0.1, 0.15) is 17.3 Å². The van der Waals surface area contributed by atoms with Crippen molar-refractivity contribution < 1.29 is 23.5 Å². The molecule has 216 valence electrons. The molecule has 4 rings (SSSR count). The second kappa shape index (κ2) is 13.8. The molecule has 0 spiro atoms. The Balaban J connectivity index is 1.70. The first-order valence-electron chi connectivity index (χ1n) is 13.5. The van der Waals surface area contributed by atoms with Crippen LogP contribution in [0, 0.1) is 20.8 Å². The Bertz CT molecular complexity index is 1300. The van der Waals surface area contributed by atoms with Gasteiger partial charge in [-0.05, 0) is 65.9 Å². The van der Waals surface area contributed by atoms with Gasteiger partial charge in [-0.25, -0.2) is 14.8 Å². The minimum absolute atomic E-state index is 0.231. The van der Waals surface area contributed by atoms with Gasteiger partial charge in [-0.2, -0.15) is 0 Å². The van der Waals surface area contributed by atoms with E-state index in [1.54, 1.807) is 17.9 Å². The number of anilines is 1. The molecule has 1 fully saturated rings. The zero-order valence-electron chi connectivity index (χ0n) is 23.7. The Morgan fingerprint density at radius 2 is 2.08 bits per heavy atom. The number of benzene rings is 1. The summed E-state index contributed by atoms with van der Waals surface area (Å²) in [5.41, 5.74) is 3.65. The number of halogens is 1. The van der Waals surface area contributed by atoms with E-state index in [1.165, 1.54) is 0 Å². The van der Waals surface area contributed by atoms with E-state index in [0.717, 1.165) is 29.8 Å². The van der Waals surface area contributed by atoms with E-state index in [2.05, 4.69) is 15.8 Å². The molecule has 1 atom stereocenters. The normalized spacial score (nSPS) is 15.2. The first kappa shape index (κ1) is 29.6. The van der Waals surface area contributed by atoms with Crippen molar-refractivity contribution in [2.45, 2.75) is 40.2 Å². The highest BCUT2D eigenvalue weighted by atomic mass is 35.5. The Labute approximate surface area is 239 Å². The predicted octanol–water partition coefficient (Wildman–Crippen LogP) is 4.63. The standard InChI is InChI=1S/C28H37ClN6O5/c1-6-38-28(36)35-11-13-37-16-20(35)15-31-26-17(2)25(24-18(3)34-40-19(24)4)32-27(33-26)22-14-21(8-9-23(22)29)39-12-7-10-30-5/h8-9,14,20,30H,6-7,10-13,15-16H2,1-5H3,(H,31,32,33). The van der Waals surface area contributed by atoms with E-state index < -0.39 is 0 Å². The number of hydrogen-bond acceptors (Lipinski definition) is 10. The number of nitrogens with zero attached hydrogens (tertiary/aromatic N) is 4. The number of nitrogens with one attached hydrogen (secondary N) is 2. The molecule has 3 aromatic rings. The zero-order chi connectivity index (χ0) is 28.6. The number of carbonyl (C=O) groups excluding carboxylic acids is 1. The van der Waals surface area contributed by atoms with Gasteiger partial charge >= 0.3 is 6.09 Å². The lowest BCUT2D eigenvalue weighted by Gasteiger charge is -2.35. The van der Waals surface area contributed by atoms with Gasteiger partial charge in [0.2, 0.25) is 0 Å². The molecule has 12 heteroatoms. The first-order chi connectivity index (χ1) is 19.3. The summed E-state index contributed by atoms with van der Waals surface area (Å²) >= 11 is 6.66. The average Bonchev–Trinajstić information content (AvgIpc) is 3.29. The van der Waals surface area contributed by atoms with Crippen molar-refractivity contribution in [1.82, 2.24) is 25.3 Å². The summed E-state index contributed by atoms with van der Waals surface area (Å²) in [4.78, 5) is 24.0. The highest BCUT2D eigenvalue weighted by Gasteiger charge is 2.29. The summed E-state index contributed by atoms with van der Waals surface area (Å²) in [6.45, 7) is 10.9. The third kappa shape index (κ3) is 6.83. The minimum Gasteiger partial charge on any atom is -0.494 e. The summed E-state index contributed by atoms with van der Waals surface area (Å²) < 4.78 is 22.3. The summed E-state index contributed by atoms with van der Waals surface area (Å²) in [6.07, 6.45) is 0.514. The number of aryl methyl sites for hydroxylation is 2. The van der Waals surface area contributed by atoms with Crippen LogP contribution in [0.5, 0.6) is 5.75 Å². The maximum absolute atomic E-state index is 12.5. The third-order valence-corrected chi connectivity index (χ3v) is 7.00. The van der Waals surface area contributed by atoms with E-state index in [-0.39, 0.29) is 12.1 Å². The molecular weight excluding hydrogens is 536 g/mol. The number of rotatable bonds is 11. The molecule has 11 nitrogen and oxygen atoms in total. The number of carbonyl (C=O) groups is 1. The molecule has 0 bridgehead atoms. The van der Waals surface area contributed by atoms with Crippen molar-refractivity contribution in [3.05, 3.63) is 40.2 Å². The fourth-order valence-electron chi connectivity index (χ4n) is 4.56. The van der Waals surface area contributed by atoms with Crippen LogP contribution in [-0.2, 0) is 9.47 Å². The third-order valence-electron chi connectivity index (χ3n) is 6.67. The molecule has 1 aliphatic rings. The van der Waals surface area contributed by atoms with Crippen molar-refractivity contribution in [2.24, 2.45) is 0 Å². The molecule has 0 aliphatic carbocycles. The molecule has 0 saturated carbocycles. The lowest BCUT2D eigenvalue weighted by atomic mass is 10.0. The Morgan fingerprint density at radius 3 is 2.80 bits per heavy atom. The smallest absolute Gasteiger partial charge is 0.410 e. The van der Waals surface area contributed by atoms with E-state index in [0.29, 0.717) is 78.9 Å². The molecule has 1 saturated heterocycles. The van der Waals surface area contributed by atoms with Gasteiger partial charge in [0.05, 0.1) is 54.4 Å². The molecule has 1 unspecified atom stereocenters. The molecule has 3 heterocycles. The van der Waals surface area contributed by atoms with Crippen LogP contribution in [0.25, 0.3) is 22.6 Å². The van der Waals surface area contributed by atoms with Gasteiger partial charge in [-0.15, -0.1) is 0 Å². The van der Waals surface area contributed by atoms with Gasteiger partial charge in [-0.1, -0.05) is 16.8 Å². The van der Waals surface area contributed by atoms with Crippen LogP contribution in [0.3, 0.4) is 0 Å². The lowest BCUT2D eigenvalue weighted by molar-refractivity contribution is -0.00379. The maximum Gasteiger partial charge on any atom is 0.410 e. The molecular formula is C28H37ClN6O5. The molecule has 1 amide bonds. The van der Waals surface area contributed by atoms with Gasteiger partial charge < -0.3 is 29.4 Å². The number of amides is 1. The average molecular weight is 573 g/mol. The zero-order valence-corrected chi connectivity index (χ0v) is 24.4. The number of hydrogen-bond donors (Lipinski definition) is 2. The SMILES string of the molecule is CCOC(=O)N1CCOCC1CNc1nc(-c2cc(OCCCNC)ccc2Cl)nc(-c2c(C)noc2C)c1C. The summed E-state index contributed by atoms with van der Waals surface area (Å²) in [5.74, 6) is 2.36. The Hall–Kier alpha value is -3.41. The van der Waals surface area contributed by atoms with Gasteiger partial charge in [0.25, 0.3) is 0 Å². The minimum atomic E-state index is -0.354. The van der Waals surface area contributed by atoms with E-state index in [4.69, 9.17) is 40.3 Å². The highest BCUT2D eigenvalue weighted by molar-refractivity contribution is 6.33. The second-order valence-electron chi connectivity index (χ2n) is 9.52. The van der Waals surface area contributed by atoms with Crippen LogP contribution in [0.15, 0.2) is 22.7 Å². The van der Waals surface area contributed by atoms with E-state index >= 15 is 0 Å². The fourth-order valence-corrected chi connectivity index (χ4v) is 4.77. The van der Waals surface area contributed by atoms with Gasteiger partial charge in [0.15, 0.2) is 5.82 Å².